The number of amides is 1. The Kier molecular flexibility index (Phi) is 4.64. The number of aliphatic imine (C=N–C) groups is 1. The fraction of sp³-hybridized carbons (Fsp3) is 0.238. The van der Waals surface area contributed by atoms with Gasteiger partial charge in [-0.05, 0) is 43.4 Å². The molecule has 1 atom stereocenters. The topological polar surface area (TPSA) is 146 Å². The summed E-state index contributed by atoms with van der Waals surface area (Å²) in [5, 5.41) is 24.5. The molecular weight excluding hydrogens is 442 g/mol. The number of para-hydroxylation sites is 2. The predicted octanol–water partition coefficient (Wildman–Crippen LogP) is 3.30. The predicted molar refractivity (Wildman–Crippen MR) is 123 cm³/mol. The number of nitrogens with one attached hydrogen (secondary N) is 4. The maximum atomic E-state index is 13.2. The van der Waals surface area contributed by atoms with Gasteiger partial charge in [0.05, 0.1) is 17.5 Å². The molecule has 0 radical (unpaired) electrons. The van der Waals surface area contributed by atoms with Gasteiger partial charge >= 0.3 is 6.01 Å². The van der Waals surface area contributed by atoms with E-state index in [2.05, 4.69) is 41.3 Å². The first-order valence-corrected chi connectivity index (χ1v) is 11.3. The van der Waals surface area contributed by atoms with Gasteiger partial charge in [0.15, 0.2) is 5.58 Å². The average Bonchev–Trinajstić information content (AvgIpc) is 3.17. The van der Waals surface area contributed by atoms with Crippen molar-refractivity contribution >= 4 is 45.4 Å². The maximum absolute atomic E-state index is 13.2. The number of fused-ring (bicyclic) bond motifs is 1. The van der Waals surface area contributed by atoms with Gasteiger partial charge in [0.25, 0.3) is 5.91 Å². The van der Waals surface area contributed by atoms with Crippen LogP contribution < -0.4 is 16.0 Å². The molecule has 0 bridgehead atoms. The molecule has 11 nitrogen and oxygen atoms in total. The number of guanidine groups is 1. The fourth-order valence-electron chi connectivity index (χ4n) is 3.91. The molecule has 4 aromatic rings. The highest BCUT2D eigenvalue weighted by molar-refractivity contribution is 7.13. The molecular formula is C21H19N9O2S. The number of carbonyl (C=O) groups excluding carboxylic acids is 1. The van der Waals surface area contributed by atoms with Gasteiger partial charge in [-0.15, -0.1) is 10.2 Å². The number of rotatable bonds is 5. The van der Waals surface area contributed by atoms with Crippen LogP contribution in [0.25, 0.3) is 11.1 Å². The molecule has 4 heterocycles. The van der Waals surface area contributed by atoms with Gasteiger partial charge in [-0.25, -0.2) is 4.99 Å². The molecule has 6 rings (SSSR count). The van der Waals surface area contributed by atoms with Gasteiger partial charge < -0.3 is 9.73 Å². The van der Waals surface area contributed by atoms with E-state index < -0.39 is 6.04 Å². The molecule has 166 valence electrons. The van der Waals surface area contributed by atoms with E-state index in [9.17, 15) is 4.79 Å². The van der Waals surface area contributed by atoms with Gasteiger partial charge in [0.1, 0.15) is 17.1 Å². The lowest BCUT2D eigenvalue weighted by Crippen LogP contribution is -2.37. The van der Waals surface area contributed by atoms with E-state index in [1.54, 1.807) is 5.51 Å². The number of aromatic amines is 1. The third kappa shape index (κ3) is 3.74. The van der Waals surface area contributed by atoms with Crippen LogP contribution in [0.5, 0.6) is 0 Å². The molecule has 33 heavy (non-hydrogen) atoms. The lowest BCUT2D eigenvalue weighted by molar-refractivity contribution is -0.113. The summed E-state index contributed by atoms with van der Waals surface area (Å²) in [7, 11) is 0. The summed E-state index contributed by atoms with van der Waals surface area (Å²) >= 11 is 1.25. The SMILES string of the molecule is CC1=C(C(=O)Nc2nncs2)C(c2[nH]ncc2C2CC2)N=C(Nc2nc3ccccc3o2)N1. The van der Waals surface area contributed by atoms with Crippen LogP contribution in [-0.2, 0) is 4.79 Å². The van der Waals surface area contributed by atoms with Crippen LogP contribution in [0.4, 0.5) is 11.1 Å². The summed E-state index contributed by atoms with van der Waals surface area (Å²) in [5.41, 5.74) is 5.97. The highest BCUT2D eigenvalue weighted by atomic mass is 32.1. The number of carbonyl (C=O) groups is 1. The third-order valence-corrected chi connectivity index (χ3v) is 6.18. The fourth-order valence-corrected chi connectivity index (χ4v) is 4.35. The average molecular weight is 462 g/mol. The summed E-state index contributed by atoms with van der Waals surface area (Å²) in [6.45, 7) is 1.83. The molecule has 2 aliphatic rings. The Bertz CT molecular complexity index is 1370. The van der Waals surface area contributed by atoms with Crippen molar-refractivity contribution in [3.05, 3.63) is 58.5 Å². The monoisotopic (exact) mass is 461 g/mol. The minimum absolute atomic E-state index is 0.303. The van der Waals surface area contributed by atoms with Gasteiger partial charge in [-0.1, -0.05) is 23.5 Å². The smallest absolute Gasteiger partial charge is 0.302 e. The Hall–Kier alpha value is -4.06. The molecule has 0 spiro atoms. The van der Waals surface area contributed by atoms with Crippen molar-refractivity contribution in [2.45, 2.75) is 31.7 Å². The maximum Gasteiger partial charge on any atom is 0.302 e. The number of nitrogens with zero attached hydrogens (tertiary/aromatic N) is 5. The van der Waals surface area contributed by atoms with Crippen LogP contribution in [0.2, 0.25) is 0 Å². The number of H-pyrrole nitrogens is 1. The quantitative estimate of drug-likeness (QED) is 0.354. The summed E-state index contributed by atoms with van der Waals surface area (Å²) in [6.07, 6.45) is 4.03. The van der Waals surface area contributed by atoms with Crippen LogP contribution in [0.3, 0.4) is 0 Å². The Balaban J connectivity index is 1.36. The molecule has 12 heteroatoms. The number of benzene rings is 1. The minimum Gasteiger partial charge on any atom is -0.423 e. The summed E-state index contributed by atoms with van der Waals surface area (Å²) in [6, 6.07) is 7.22. The normalized spacial score (nSPS) is 18.2. The van der Waals surface area contributed by atoms with E-state index in [-0.39, 0.29) is 5.91 Å². The van der Waals surface area contributed by atoms with Crippen LogP contribution in [-0.4, -0.2) is 37.2 Å². The molecule has 1 aliphatic heterocycles. The zero-order chi connectivity index (χ0) is 22.4. The second-order valence-corrected chi connectivity index (χ2v) is 8.70. The molecule has 1 fully saturated rings. The van der Waals surface area contributed by atoms with Crippen molar-refractivity contribution < 1.29 is 9.21 Å². The Morgan fingerprint density at radius 1 is 1.27 bits per heavy atom. The molecule has 0 saturated heterocycles. The number of oxazole rings is 1. The molecule has 4 N–H and O–H groups in total. The summed E-state index contributed by atoms with van der Waals surface area (Å²) in [4.78, 5) is 22.5. The molecule has 1 saturated carbocycles. The first-order chi connectivity index (χ1) is 16.2. The molecule has 1 aromatic carbocycles. The Morgan fingerprint density at radius 2 is 2.15 bits per heavy atom. The zero-order valence-corrected chi connectivity index (χ0v) is 18.3. The van der Waals surface area contributed by atoms with E-state index in [0.29, 0.717) is 39.9 Å². The van der Waals surface area contributed by atoms with Gasteiger partial charge in [-0.2, -0.15) is 10.1 Å². The van der Waals surface area contributed by atoms with Crippen molar-refractivity contribution in [1.29, 1.82) is 0 Å². The third-order valence-electron chi connectivity index (χ3n) is 5.58. The zero-order valence-electron chi connectivity index (χ0n) is 17.5. The summed E-state index contributed by atoms with van der Waals surface area (Å²) < 4.78 is 5.78. The highest BCUT2D eigenvalue weighted by Crippen LogP contribution is 2.44. The lowest BCUT2D eigenvalue weighted by atomic mass is 9.96. The number of aromatic nitrogens is 5. The first kappa shape index (κ1) is 19.6. The second-order valence-electron chi connectivity index (χ2n) is 7.87. The second kappa shape index (κ2) is 7.81. The number of allylic oxidation sites excluding steroid dienone is 1. The Labute approximate surface area is 191 Å². The van der Waals surface area contributed by atoms with E-state index >= 15 is 0 Å². The Morgan fingerprint density at radius 3 is 2.94 bits per heavy atom. The molecule has 1 amide bonds. The summed E-state index contributed by atoms with van der Waals surface area (Å²) in [5.74, 6) is 0.556. The largest absolute Gasteiger partial charge is 0.423 e. The lowest BCUT2D eigenvalue weighted by Gasteiger charge is -2.26. The van der Waals surface area contributed by atoms with E-state index in [4.69, 9.17) is 9.41 Å². The minimum atomic E-state index is -0.593. The van der Waals surface area contributed by atoms with Crippen LogP contribution in [0.15, 0.2) is 56.7 Å². The van der Waals surface area contributed by atoms with Gasteiger partial charge in [-0.3, -0.25) is 20.5 Å². The van der Waals surface area contributed by atoms with Crippen molar-refractivity contribution in [1.82, 2.24) is 30.7 Å². The number of hydrogen-bond acceptors (Lipinski definition) is 10. The van der Waals surface area contributed by atoms with E-state index in [1.807, 2.05) is 37.4 Å². The van der Waals surface area contributed by atoms with Crippen molar-refractivity contribution in [3.63, 3.8) is 0 Å². The van der Waals surface area contributed by atoms with Gasteiger partial charge in [0.2, 0.25) is 11.1 Å². The highest BCUT2D eigenvalue weighted by Gasteiger charge is 2.36. The van der Waals surface area contributed by atoms with Gasteiger partial charge in [0, 0.05) is 5.70 Å². The standard InChI is InChI=1S/C21H19N9O2S/c1-10-15(18(31)27-21-30-23-9-33-21)17(16-12(8-22-29-16)11-6-7-11)26-19(24-10)28-20-25-13-4-2-3-5-14(13)32-20/h2-5,8-9,11,17H,6-7H2,1H3,(H,22,29)(H,27,30,31)(H2,24,25,26,28). The van der Waals surface area contributed by atoms with Crippen LogP contribution in [0, 0.1) is 0 Å². The van der Waals surface area contributed by atoms with Crippen molar-refractivity contribution in [2.75, 3.05) is 10.6 Å². The number of anilines is 2. The van der Waals surface area contributed by atoms with E-state index in [1.165, 1.54) is 11.3 Å². The van der Waals surface area contributed by atoms with Crippen molar-refractivity contribution in [2.24, 2.45) is 4.99 Å². The van der Waals surface area contributed by atoms with Crippen molar-refractivity contribution in [3.8, 4) is 0 Å². The van der Waals surface area contributed by atoms with Crippen LogP contribution in [0.1, 0.15) is 43.0 Å². The van der Waals surface area contributed by atoms with E-state index in [0.717, 1.165) is 29.6 Å². The van der Waals surface area contributed by atoms with Crippen LogP contribution >= 0.6 is 11.3 Å². The first-order valence-electron chi connectivity index (χ1n) is 10.4. The molecule has 1 unspecified atom stereocenters. The molecule has 3 aromatic heterocycles. The number of hydrogen-bond donors (Lipinski definition) is 4. The molecule has 1 aliphatic carbocycles.